The van der Waals surface area contributed by atoms with Gasteiger partial charge < -0.3 is 5.73 Å². The van der Waals surface area contributed by atoms with Gasteiger partial charge >= 0.3 is 0 Å². The number of hydrogen-bond acceptors (Lipinski definition) is 6. The predicted molar refractivity (Wildman–Crippen MR) is 120 cm³/mol. The van der Waals surface area contributed by atoms with Crippen LogP contribution in [0.1, 0.15) is 12.2 Å². The minimum atomic E-state index is -3.75. The minimum Gasteiger partial charge on any atom is -0.368 e. The van der Waals surface area contributed by atoms with E-state index in [9.17, 15) is 22.4 Å². The van der Waals surface area contributed by atoms with Gasteiger partial charge in [-0.05, 0) is 49.4 Å². The molecule has 1 aliphatic heterocycles. The van der Waals surface area contributed by atoms with Crippen LogP contribution in [0.5, 0.6) is 0 Å². The van der Waals surface area contributed by atoms with Crippen molar-refractivity contribution < 1.29 is 17.6 Å². The number of para-hydroxylation sites is 1. The Hall–Kier alpha value is -3.15. The van der Waals surface area contributed by atoms with Crippen molar-refractivity contribution in [2.75, 3.05) is 26.2 Å². The molecule has 0 radical (unpaired) electrons. The quantitative estimate of drug-likeness (QED) is 0.569. The van der Waals surface area contributed by atoms with Gasteiger partial charge in [-0.25, -0.2) is 17.8 Å². The van der Waals surface area contributed by atoms with Crippen LogP contribution in [0.25, 0.3) is 10.9 Å². The molecular weight excluding hydrogens is 449 g/mol. The van der Waals surface area contributed by atoms with Gasteiger partial charge in [0, 0.05) is 19.6 Å². The first-order chi connectivity index (χ1) is 15.8. The van der Waals surface area contributed by atoms with Gasteiger partial charge in [-0.15, -0.1) is 0 Å². The Morgan fingerprint density at radius 3 is 2.48 bits per heavy atom. The molecule has 2 aromatic carbocycles. The van der Waals surface area contributed by atoms with Crippen LogP contribution < -0.4 is 11.3 Å². The Balaban J connectivity index is 1.56. The van der Waals surface area contributed by atoms with Crippen molar-refractivity contribution in [1.29, 1.82) is 0 Å². The van der Waals surface area contributed by atoms with Crippen molar-refractivity contribution in [3.05, 3.63) is 70.5 Å². The molecule has 33 heavy (non-hydrogen) atoms. The van der Waals surface area contributed by atoms with Gasteiger partial charge in [0.25, 0.3) is 5.56 Å². The van der Waals surface area contributed by atoms with Gasteiger partial charge in [0.15, 0.2) is 0 Å². The number of sulfonamides is 1. The molecule has 9 nitrogen and oxygen atoms in total. The molecule has 2 N–H and O–H groups in total. The predicted octanol–water partition coefficient (Wildman–Crippen LogP) is 0.917. The Morgan fingerprint density at radius 1 is 1.03 bits per heavy atom. The van der Waals surface area contributed by atoms with Crippen LogP contribution in [0, 0.1) is 5.82 Å². The third-order valence-electron chi connectivity index (χ3n) is 5.62. The molecule has 11 heteroatoms. The zero-order valence-electron chi connectivity index (χ0n) is 17.9. The van der Waals surface area contributed by atoms with Crippen molar-refractivity contribution in [2.24, 2.45) is 5.73 Å². The monoisotopic (exact) mass is 473 g/mol. The third-order valence-corrected chi connectivity index (χ3v) is 7.53. The summed E-state index contributed by atoms with van der Waals surface area (Å²) >= 11 is 0. The number of nitrogens with zero attached hydrogens (tertiary/aromatic N) is 4. The molecular formula is C22H24FN5O4S. The molecule has 0 aliphatic carbocycles. The lowest BCUT2D eigenvalue weighted by atomic mass is 10.2. The number of carbonyl (C=O) groups is 1. The van der Waals surface area contributed by atoms with E-state index in [2.05, 4.69) is 4.98 Å². The molecule has 0 saturated carbocycles. The van der Waals surface area contributed by atoms with Crippen molar-refractivity contribution in [3.8, 4) is 0 Å². The van der Waals surface area contributed by atoms with E-state index in [1.165, 1.54) is 21.0 Å². The zero-order valence-corrected chi connectivity index (χ0v) is 18.7. The first-order valence-corrected chi connectivity index (χ1v) is 11.9. The highest BCUT2D eigenvalue weighted by atomic mass is 32.2. The smallest absolute Gasteiger partial charge is 0.261 e. The summed E-state index contributed by atoms with van der Waals surface area (Å²) in [6.45, 7) is 1.50. The fourth-order valence-electron chi connectivity index (χ4n) is 3.95. The van der Waals surface area contributed by atoms with Gasteiger partial charge in [0.1, 0.15) is 18.2 Å². The second-order valence-electron chi connectivity index (χ2n) is 7.89. The number of amides is 1. The highest BCUT2D eigenvalue weighted by molar-refractivity contribution is 7.89. The molecule has 3 aromatic rings. The minimum absolute atomic E-state index is 0.0452. The van der Waals surface area contributed by atoms with Crippen LogP contribution >= 0.6 is 0 Å². The molecule has 0 unspecified atom stereocenters. The van der Waals surface area contributed by atoms with Crippen LogP contribution in [0.3, 0.4) is 0 Å². The van der Waals surface area contributed by atoms with Crippen molar-refractivity contribution >= 4 is 26.8 Å². The summed E-state index contributed by atoms with van der Waals surface area (Å²) in [5.41, 5.74) is 5.54. The number of aromatic nitrogens is 2. The summed E-state index contributed by atoms with van der Waals surface area (Å²) in [6.07, 6.45) is 0.564. The number of nitrogens with two attached hydrogens (primary N) is 1. The number of primary amides is 1. The van der Waals surface area contributed by atoms with E-state index in [4.69, 9.17) is 5.73 Å². The average molecular weight is 474 g/mol. The Morgan fingerprint density at radius 2 is 1.76 bits per heavy atom. The maximum atomic E-state index is 13.2. The number of halogens is 1. The van der Waals surface area contributed by atoms with Crippen molar-refractivity contribution in [1.82, 2.24) is 18.8 Å². The zero-order chi connectivity index (χ0) is 23.6. The molecule has 174 valence electrons. The van der Waals surface area contributed by atoms with Gasteiger partial charge in [-0.3, -0.25) is 19.1 Å². The SMILES string of the molecule is NC(=O)Cn1c(CN2CCCN(S(=O)(=O)c3ccc(F)cc3)CC2)nc2ccccc2c1=O. The van der Waals surface area contributed by atoms with Gasteiger partial charge in [-0.1, -0.05) is 12.1 Å². The summed E-state index contributed by atoms with van der Waals surface area (Å²) in [5, 5.41) is 0.398. The Kier molecular flexibility index (Phi) is 6.54. The van der Waals surface area contributed by atoms with Crippen LogP contribution in [0.4, 0.5) is 4.39 Å². The highest BCUT2D eigenvalue weighted by Gasteiger charge is 2.27. The van der Waals surface area contributed by atoms with Crippen molar-refractivity contribution in [3.63, 3.8) is 0 Å². The first-order valence-electron chi connectivity index (χ1n) is 10.5. The summed E-state index contributed by atoms with van der Waals surface area (Å²) < 4.78 is 41.8. The summed E-state index contributed by atoms with van der Waals surface area (Å²) in [6, 6.07) is 11.7. The van der Waals surface area contributed by atoms with E-state index in [1.807, 2.05) is 4.90 Å². The maximum absolute atomic E-state index is 13.2. The fourth-order valence-corrected chi connectivity index (χ4v) is 5.42. The number of rotatable bonds is 6. The molecule has 1 fully saturated rings. The number of carbonyl (C=O) groups excluding carboxylic acids is 1. The fraction of sp³-hybridized carbons (Fsp3) is 0.318. The normalized spacial score (nSPS) is 16.0. The Labute approximate surface area is 190 Å². The lowest BCUT2D eigenvalue weighted by molar-refractivity contribution is -0.118. The van der Waals surface area contributed by atoms with E-state index < -0.39 is 21.7 Å². The number of fused-ring (bicyclic) bond motifs is 1. The molecule has 0 atom stereocenters. The van der Waals surface area contributed by atoms with Crippen molar-refractivity contribution in [2.45, 2.75) is 24.4 Å². The van der Waals surface area contributed by atoms with Crippen LogP contribution in [0.15, 0.2) is 58.2 Å². The Bertz CT molecular complexity index is 1340. The van der Waals surface area contributed by atoms with E-state index in [0.717, 1.165) is 12.1 Å². The first kappa shape index (κ1) is 23.0. The molecule has 1 aromatic heterocycles. The molecule has 2 heterocycles. The lowest BCUT2D eigenvalue weighted by Gasteiger charge is -2.22. The topological polar surface area (TPSA) is 119 Å². The molecule has 0 bridgehead atoms. The summed E-state index contributed by atoms with van der Waals surface area (Å²) in [4.78, 5) is 31.2. The standard InChI is InChI=1S/C22H24FN5O4S/c23-16-6-8-17(9-7-16)33(31,32)27-11-3-10-26(12-13-27)15-21-25-19-5-2-1-4-18(19)22(30)28(21)14-20(24)29/h1-2,4-9H,3,10-15H2,(H2,24,29). The van der Waals surface area contributed by atoms with Gasteiger partial charge in [0.05, 0.1) is 22.3 Å². The van der Waals surface area contributed by atoms with E-state index in [1.54, 1.807) is 24.3 Å². The molecule has 1 amide bonds. The highest BCUT2D eigenvalue weighted by Crippen LogP contribution is 2.19. The third kappa shape index (κ3) is 4.95. The average Bonchev–Trinajstić information content (AvgIpc) is 3.03. The number of benzene rings is 2. The maximum Gasteiger partial charge on any atom is 0.261 e. The molecule has 0 spiro atoms. The van der Waals surface area contributed by atoms with Crippen LogP contribution in [-0.4, -0.2) is 59.3 Å². The lowest BCUT2D eigenvalue weighted by Crippen LogP contribution is -2.37. The summed E-state index contributed by atoms with van der Waals surface area (Å²) in [7, 11) is -3.75. The molecule has 1 saturated heterocycles. The van der Waals surface area contributed by atoms with Crippen LogP contribution in [0.2, 0.25) is 0 Å². The van der Waals surface area contributed by atoms with Gasteiger partial charge in [0.2, 0.25) is 15.9 Å². The van der Waals surface area contributed by atoms with E-state index >= 15 is 0 Å². The molecule has 4 rings (SSSR count). The van der Waals surface area contributed by atoms with Gasteiger partial charge in [-0.2, -0.15) is 4.31 Å². The summed E-state index contributed by atoms with van der Waals surface area (Å²) in [5.74, 6) is -0.754. The van der Waals surface area contributed by atoms with E-state index in [-0.39, 0.29) is 30.1 Å². The largest absolute Gasteiger partial charge is 0.368 e. The molecule has 1 aliphatic rings. The van der Waals surface area contributed by atoms with Crippen LogP contribution in [-0.2, 0) is 27.9 Å². The number of hydrogen-bond donors (Lipinski definition) is 1. The second kappa shape index (κ2) is 9.38. The van der Waals surface area contributed by atoms with E-state index in [0.29, 0.717) is 42.8 Å². The second-order valence-corrected chi connectivity index (χ2v) is 9.83.